The number of anilines is 1. The molecule has 0 atom stereocenters. The summed E-state index contributed by atoms with van der Waals surface area (Å²) in [5, 5.41) is 9.03. The van der Waals surface area contributed by atoms with Crippen molar-refractivity contribution in [3.8, 4) is 17.6 Å². The molecule has 0 bridgehead atoms. The van der Waals surface area contributed by atoms with Crippen LogP contribution in [-0.4, -0.2) is 18.1 Å². The summed E-state index contributed by atoms with van der Waals surface area (Å²) in [5.74, 6) is 0.165. The zero-order chi connectivity index (χ0) is 14.5. The van der Waals surface area contributed by atoms with Crippen molar-refractivity contribution in [2.45, 2.75) is 0 Å². The third kappa shape index (κ3) is 2.84. The van der Waals surface area contributed by atoms with Crippen LogP contribution in [0.4, 0.5) is 5.69 Å². The number of benzene rings is 1. The molecule has 0 spiro atoms. The monoisotopic (exact) mass is 269 g/mol. The summed E-state index contributed by atoms with van der Waals surface area (Å²) in [6, 6.07) is 9.72. The largest absolute Gasteiger partial charge is 0.464 e. The van der Waals surface area contributed by atoms with Crippen LogP contribution < -0.4 is 10.5 Å². The molecule has 0 aliphatic heterocycles. The zero-order valence-electron chi connectivity index (χ0n) is 10.7. The van der Waals surface area contributed by atoms with Crippen LogP contribution in [0.5, 0.6) is 11.5 Å². The summed E-state index contributed by atoms with van der Waals surface area (Å²) in [6.07, 6.45) is 1.42. The van der Waals surface area contributed by atoms with Crippen LogP contribution in [0.3, 0.4) is 0 Å². The van der Waals surface area contributed by atoms with Gasteiger partial charge in [0.05, 0.1) is 12.7 Å². The van der Waals surface area contributed by atoms with Crippen LogP contribution in [-0.2, 0) is 4.74 Å². The van der Waals surface area contributed by atoms with Gasteiger partial charge >= 0.3 is 5.97 Å². The molecule has 1 aromatic heterocycles. The molecule has 2 rings (SSSR count). The number of nitriles is 1. The fourth-order valence-corrected chi connectivity index (χ4v) is 1.54. The number of aromatic nitrogens is 1. The van der Waals surface area contributed by atoms with Crippen molar-refractivity contribution >= 4 is 11.7 Å². The topological polar surface area (TPSA) is 98.2 Å². The van der Waals surface area contributed by atoms with Crippen molar-refractivity contribution in [1.29, 1.82) is 5.26 Å². The van der Waals surface area contributed by atoms with Crippen LogP contribution in [0.2, 0.25) is 0 Å². The van der Waals surface area contributed by atoms with Gasteiger partial charge in [-0.1, -0.05) is 0 Å². The van der Waals surface area contributed by atoms with Crippen molar-refractivity contribution in [1.82, 2.24) is 4.98 Å². The number of esters is 1. The van der Waals surface area contributed by atoms with Crippen molar-refractivity contribution in [2.75, 3.05) is 12.8 Å². The average Bonchev–Trinajstić information content (AvgIpc) is 2.48. The van der Waals surface area contributed by atoms with Gasteiger partial charge in [-0.05, 0) is 24.3 Å². The maximum absolute atomic E-state index is 11.4. The quantitative estimate of drug-likeness (QED) is 0.676. The van der Waals surface area contributed by atoms with Gasteiger partial charge in [-0.3, -0.25) is 0 Å². The van der Waals surface area contributed by atoms with Crippen molar-refractivity contribution in [2.24, 2.45) is 0 Å². The predicted molar refractivity (Wildman–Crippen MR) is 71.2 cm³/mol. The van der Waals surface area contributed by atoms with Crippen molar-refractivity contribution < 1.29 is 14.3 Å². The van der Waals surface area contributed by atoms with E-state index in [4.69, 9.17) is 15.7 Å². The number of nitrogen functional groups attached to an aromatic ring is 1. The van der Waals surface area contributed by atoms with Gasteiger partial charge in [0, 0.05) is 18.0 Å². The second-order valence-corrected chi connectivity index (χ2v) is 3.84. The number of methoxy groups -OCH3 is 1. The van der Waals surface area contributed by atoms with E-state index in [0.29, 0.717) is 22.7 Å². The van der Waals surface area contributed by atoms with Crippen LogP contribution in [0.1, 0.15) is 16.1 Å². The lowest BCUT2D eigenvalue weighted by Gasteiger charge is -2.08. The highest BCUT2D eigenvalue weighted by atomic mass is 16.5. The van der Waals surface area contributed by atoms with E-state index in [-0.39, 0.29) is 5.69 Å². The normalized spacial score (nSPS) is 9.60. The standard InChI is InChI=1S/C14H11N3O3/c1-19-14(18)12-7-11(4-5-17-12)20-13-3-2-10(16)6-9(13)8-15/h2-7H,16H2,1H3. The third-order valence-corrected chi connectivity index (χ3v) is 2.48. The Balaban J connectivity index is 2.31. The van der Waals surface area contributed by atoms with Gasteiger partial charge in [-0.25, -0.2) is 9.78 Å². The van der Waals surface area contributed by atoms with Gasteiger partial charge in [0.1, 0.15) is 17.6 Å². The van der Waals surface area contributed by atoms with E-state index in [1.165, 1.54) is 25.4 Å². The van der Waals surface area contributed by atoms with Gasteiger partial charge in [-0.2, -0.15) is 5.26 Å². The van der Waals surface area contributed by atoms with E-state index in [2.05, 4.69) is 9.72 Å². The zero-order valence-corrected chi connectivity index (χ0v) is 10.7. The third-order valence-electron chi connectivity index (χ3n) is 2.48. The molecule has 0 unspecified atom stereocenters. The lowest BCUT2D eigenvalue weighted by molar-refractivity contribution is 0.0593. The number of ether oxygens (including phenoxy) is 2. The van der Waals surface area contributed by atoms with Crippen molar-refractivity contribution in [3.05, 3.63) is 47.8 Å². The van der Waals surface area contributed by atoms with Gasteiger partial charge in [-0.15, -0.1) is 0 Å². The van der Waals surface area contributed by atoms with Gasteiger partial charge < -0.3 is 15.2 Å². The van der Waals surface area contributed by atoms with Gasteiger partial charge in [0.25, 0.3) is 0 Å². The molecule has 0 amide bonds. The first-order valence-corrected chi connectivity index (χ1v) is 5.66. The lowest BCUT2D eigenvalue weighted by atomic mass is 10.2. The number of carbonyl (C=O) groups excluding carboxylic acids is 1. The second kappa shape index (κ2) is 5.71. The summed E-state index contributed by atoms with van der Waals surface area (Å²) >= 11 is 0. The molecule has 100 valence electrons. The van der Waals surface area contributed by atoms with Crippen molar-refractivity contribution in [3.63, 3.8) is 0 Å². The first-order valence-electron chi connectivity index (χ1n) is 5.66. The number of hydrogen-bond acceptors (Lipinski definition) is 6. The Kier molecular flexibility index (Phi) is 3.82. The van der Waals surface area contributed by atoms with Gasteiger partial charge in [0.2, 0.25) is 0 Å². The van der Waals surface area contributed by atoms with Gasteiger partial charge in [0.15, 0.2) is 5.69 Å². The Bertz CT molecular complexity index is 692. The van der Waals surface area contributed by atoms with E-state index in [1.807, 2.05) is 6.07 Å². The molecule has 0 radical (unpaired) electrons. The van der Waals surface area contributed by atoms with E-state index in [1.54, 1.807) is 18.2 Å². The maximum Gasteiger partial charge on any atom is 0.356 e. The highest BCUT2D eigenvalue weighted by Gasteiger charge is 2.10. The molecule has 2 aromatic rings. The highest BCUT2D eigenvalue weighted by Crippen LogP contribution is 2.26. The first-order chi connectivity index (χ1) is 9.63. The van der Waals surface area contributed by atoms with E-state index < -0.39 is 5.97 Å². The Labute approximate surface area is 115 Å². The molecule has 6 nitrogen and oxygen atoms in total. The summed E-state index contributed by atoms with van der Waals surface area (Å²) in [4.78, 5) is 15.2. The van der Waals surface area contributed by atoms with E-state index in [9.17, 15) is 4.79 Å². The molecule has 0 saturated carbocycles. The molecule has 1 heterocycles. The Morgan fingerprint density at radius 2 is 2.15 bits per heavy atom. The summed E-state index contributed by atoms with van der Waals surface area (Å²) in [7, 11) is 1.27. The minimum Gasteiger partial charge on any atom is -0.464 e. The molecule has 6 heteroatoms. The number of carbonyl (C=O) groups is 1. The Hall–Kier alpha value is -3.07. The minimum atomic E-state index is -0.562. The molecule has 0 saturated heterocycles. The number of nitrogens with two attached hydrogens (primary N) is 1. The summed E-state index contributed by atoms with van der Waals surface area (Å²) in [6.45, 7) is 0. The number of nitrogens with zero attached hydrogens (tertiary/aromatic N) is 2. The molecular formula is C14H11N3O3. The molecule has 0 fully saturated rings. The maximum atomic E-state index is 11.4. The molecule has 20 heavy (non-hydrogen) atoms. The first kappa shape index (κ1) is 13.4. The van der Waals surface area contributed by atoms with Crippen LogP contribution in [0.15, 0.2) is 36.5 Å². The SMILES string of the molecule is COC(=O)c1cc(Oc2ccc(N)cc2C#N)ccn1. The molecular weight excluding hydrogens is 258 g/mol. The predicted octanol–water partition coefficient (Wildman–Crippen LogP) is 2.11. The van der Waals surface area contributed by atoms with E-state index >= 15 is 0 Å². The van der Waals surface area contributed by atoms with Crippen LogP contribution >= 0.6 is 0 Å². The number of hydrogen-bond donors (Lipinski definition) is 1. The molecule has 0 aliphatic carbocycles. The number of pyridine rings is 1. The fourth-order valence-electron chi connectivity index (χ4n) is 1.54. The molecule has 1 aromatic carbocycles. The fraction of sp³-hybridized carbons (Fsp3) is 0.0714. The Morgan fingerprint density at radius 1 is 1.35 bits per heavy atom. The Morgan fingerprint density at radius 3 is 2.85 bits per heavy atom. The lowest BCUT2D eigenvalue weighted by Crippen LogP contribution is -2.04. The van der Waals surface area contributed by atoms with E-state index in [0.717, 1.165) is 0 Å². The number of rotatable bonds is 3. The smallest absolute Gasteiger partial charge is 0.356 e. The summed E-state index contributed by atoms with van der Waals surface area (Å²) < 4.78 is 10.1. The summed E-state index contributed by atoms with van der Waals surface area (Å²) in [5.41, 5.74) is 6.50. The van der Waals surface area contributed by atoms with Crippen LogP contribution in [0.25, 0.3) is 0 Å². The second-order valence-electron chi connectivity index (χ2n) is 3.84. The van der Waals surface area contributed by atoms with Crippen LogP contribution in [0, 0.1) is 11.3 Å². The highest BCUT2D eigenvalue weighted by molar-refractivity contribution is 5.87. The average molecular weight is 269 g/mol. The minimum absolute atomic E-state index is 0.124. The molecule has 0 aliphatic rings. The molecule has 2 N–H and O–H groups in total.